The molecule has 0 bridgehead atoms. The van der Waals surface area contributed by atoms with Crippen molar-refractivity contribution in [2.24, 2.45) is 0 Å². The fraction of sp³-hybridized carbons (Fsp3) is 0.455. The maximum Gasteiger partial charge on any atom is 0.180 e. The molecule has 8 heteroatoms. The van der Waals surface area contributed by atoms with Crippen LogP contribution in [0.2, 0.25) is 5.02 Å². The van der Waals surface area contributed by atoms with Crippen LogP contribution in [0.5, 0.6) is 11.5 Å². The summed E-state index contributed by atoms with van der Waals surface area (Å²) in [5.41, 5.74) is 2.18. The van der Waals surface area contributed by atoms with Gasteiger partial charge in [0.2, 0.25) is 0 Å². The number of hydrogen-bond donors (Lipinski definition) is 1. The summed E-state index contributed by atoms with van der Waals surface area (Å²) in [7, 11) is 0. The van der Waals surface area contributed by atoms with Crippen molar-refractivity contribution in [3.63, 3.8) is 0 Å². The van der Waals surface area contributed by atoms with E-state index in [4.69, 9.17) is 25.8 Å². The molecule has 0 aliphatic carbocycles. The summed E-state index contributed by atoms with van der Waals surface area (Å²) in [6, 6.07) is 14.0. The van der Waals surface area contributed by atoms with Crippen molar-refractivity contribution in [1.82, 2.24) is 10.2 Å². The molecular formula is C22H29Cl3N2O3-2. The summed E-state index contributed by atoms with van der Waals surface area (Å²) in [5, 5.41) is 4.06. The molecule has 2 aromatic rings. The lowest BCUT2D eigenvalue weighted by Gasteiger charge is -2.26. The van der Waals surface area contributed by atoms with Crippen molar-refractivity contribution in [1.29, 1.82) is 0 Å². The van der Waals surface area contributed by atoms with E-state index >= 15 is 0 Å². The van der Waals surface area contributed by atoms with Crippen molar-refractivity contribution < 1.29 is 39.0 Å². The van der Waals surface area contributed by atoms with Gasteiger partial charge in [-0.3, -0.25) is 4.90 Å². The highest BCUT2D eigenvalue weighted by Crippen LogP contribution is 2.37. The van der Waals surface area contributed by atoms with Gasteiger partial charge >= 0.3 is 0 Å². The monoisotopic (exact) mass is 474 g/mol. The second kappa shape index (κ2) is 14.7. The van der Waals surface area contributed by atoms with E-state index in [0.717, 1.165) is 57.1 Å². The molecule has 0 aromatic heterocycles. The van der Waals surface area contributed by atoms with Gasteiger partial charge < -0.3 is 44.3 Å². The van der Waals surface area contributed by atoms with Crippen LogP contribution in [0, 0.1) is 0 Å². The largest absolute Gasteiger partial charge is 1.00 e. The highest BCUT2D eigenvalue weighted by Gasteiger charge is 2.13. The van der Waals surface area contributed by atoms with Crippen LogP contribution in [0.15, 0.2) is 42.5 Å². The second-order valence-corrected chi connectivity index (χ2v) is 7.15. The number of hydrogen-bond acceptors (Lipinski definition) is 5. The first-order chi connectivity index (χ1) is 13.8. The molecule has 1 aliphatic rings. The summed E-state index contributed by atoms with van der Waals surface area (Å²) in [6.07, 6.45) is 0. The first-order valence-corrected chi connectivity index (χ1v) is 10.3. The minimum absolute atomic E-state index is 0. The number of nitrogens with zero attached hydrogens (tertiary/aromatic N) is 1. The Hall–Kier alpha value is -1.21. The smallest absolute Gasteiger partial charge is 0.180 e. The fourth-order valence-corrected chi connectivity index (χ4v) is 3.44. The van der Waals surface area contributed by atoms with Gasteiger partial charge in [-0.05, 0) is 30.2 Å². The Morgan fingerprint density at radius 3 is 2.47 bits per heavy atom. The summed E-state index contributed by atoms with van der Waals surface area (Å²) in [6.45, 7) is 9.34. The highest BCUT2D eigenvalue weighted by molar-refractivity contribution is 6.32. The Kier molecular flexibility index (Phi) is 13.2. The van der Waals surface area contributed by atoms with Crippen molar-refractivity contribution in [3.05, 3.63) is 58.6 Å². The molecule has 0 spiro atoms. The molecule has 1 N–H and O–H groups in total. The van der Waals surface area contributed by atoms with Crippen LogP contribution < -0.4 is 39.6 Å². The lowest BCUT2D eigenvalue weighted by atomic mass is 10.2. The molecule has 1 fully saturated rings. The molecule has 3 rings (SSSR count). The van der Waals surface area contributed by atoms with E-state index in [1.165, 1.54) is 0 Å². The Morgan fingerprint density at radius 2 is 1.77 bits per heavy atom. The molecular weight excluding hydrogens is 447 g/mol. The molecule has 0 amide bonds. The molecule has 1 aliphatic heterocycles. The van der Waals surface area contributed by atoms with Gasteiger partial charge in [0.25, 0.3) is 0 Å². The zero-order chi connectivity index (χ0) is 19.6. The van der Waals surface area contributed by atoms with E-state index in [-0.39, 0.29) is 24.8 Å². The van der Waals surface area contributed by atoms with E-state index in [2.05, 4.69) is 10.2 Å². The van der Waals surface area contributed by atoms with Crippen molar-refractivity contribution in [2.75, 3.05) is 46.0 Å². The standard InChI is InChI=1S/C22H29ClN2O3.2ClH/c1-2-27-21-15-19(16-24-8-9-25-10-12-26-13-11-25)14-20(23)22(21)28-17-18-6-4-3-5-7-18;;/h3-7,14-15,24H,2,8-13,16-17H2,1H3;2*1H/p-2. The van der Waals surface area contributed by atoms with Crippen molar-refractivity contribution in [2.45, 2.75) is 20.1 Å². The third-order valence-electron chi connectivity index (χ3n) is 4.63. The van der Waals surface area contributed by atoms with Crippen LogP contribution >= 0.6 is 11.6 Å². The molecule has 168 valence electrons. The Balaban J connectivity index is 0.00000225. The molecule has 5 nitrogen and oxygen atoms in total. The number of benzene rings is 2. The van der Waals surface area contributed by atoms with E-state index in [1.807, 2.05) is 49.4 Å². The van der Waals surface area contributed by atoms with E-state index in [1.54, 1.807) is 0 Å². The minimum atomic E-state index is 0. The van der Waals surface area contributed by atoms with E-state index < -0.39 is 0 Å². The van der Waals surface area contributed by atoms with Crippen molar-refractivity contribution >= 4 is 11.6 Å². The van der Waals surface area contributed by atoms with Crippen LogP contribution in [0.1, 0.15) is 18.1 Å². The summed E-state index contributed by atoms with van der Waals surface area (Å²) in [4.78, 5) is 2.41. The van der Waals surface area contributed by atoms with Gasteiger partial charge in [0.1, 0.15) is 6.61 Å². The van der Waals surface area contributed by atoms with Crippen LogP contribution in [0.25, 0.3) is 0 Å². The zero-order valence-electron chi connectivity index (χ0n) is 17.2. The molecule has 0 unspecified atom stereocenters. The van der Waals surface area contributed by atoms with Gasteiger partial charge in [0, 0.05) is 32.7 Å². The Bertz CT molecular complexity index is 729. The van der Waals surface area contributed by atoms with Crippen LogP contribution in [0.3, 0.4) is 0 Å². The van der Waals surface area contributed by atoms with Gasteiger partial charge in [0.05, 0.1) is 24.8 Å². The van der Waals surface area contributed by atoms with E-state index in [9.17, 15) is 0 Å². The summed E-state index contributed by atoms with van der Waals surface area (Å²) < 4.78 is 17.1. The lowest BCUT2D eigenvalue weighted by molar-refractivity contribution is -0.00100. The third kappa shape index (κ3) is 8.50. The second-order valence-electron chi connectivity index (χ2n) is 6.74. The molecule has 0 atom stereocenters. The average Bonchev–Trinajstić information content (AvgIpc) is 2.72. The SMILES string of the molecule is CCOc1cc(CNCCN2CCOCC2)cc(Cl)c1OCc1ccccc1.[Cl-].[Cl-]. The molecule has 2 aromatic carbocycles. The summed E-state index contributed by atoms with van der Waals surface area (Å²) >= 11 is 6.52. The maximum atomic E-state index is 6.52. The average molecular weight is 476 g/mol. The normalized spacial score (nSPS) is 13.8. The van der Waals surface area contributed by atoms with Gasteiger partial charge in [-0.2, -0.15) is 0 Å². The summed E-state index contributed by atoms with van der Waals surface area (Å²) in [5.74, 6) is 1.29. The minimum Gasteiger partial charge on any atom is -1.00 e. The number of ether oxygens (including phenoxy) is 3. The molecule has 0 radical (unpaired) electrons. The maximum absolute atomic E-state index is 6.52. The predicted octanol–water partition coefficient (Wildman–Crippen LogP) is -2.25. The van der Waals surface area contributed by atoms with Gasteiger partial charge in [-0.1, -0.05) is 41.9 Å². The van der Waals surface area contributed by atoms with Crippen LogP contribution in [-0.2, 0) is 17.9 Å². The predicted molar refractivity (Wildman–Crippen MR) is 112 cm³/mol. The first-order valence-electron chi connectivity index (χ1n) is 9.89. The Labute approximate surface area is 196 Å². The fourth-order valence-electron chi connectivity index (χ4n) is 3.15. The van der Waals surface area contributed by atoms with Gasteiger partial charge in [0.15, 0.2) is 11.5 Å². The highest BCUT2D eigenvalue weighted by atomic mass is 35.5. The van der Waals surface area contributed by atoms with Crippen LogP contribution in [0.4, 0.5) is 0 Å². The Morgan fingerprint density at radius 1 is 1.03 bits per heavy atom. The first kappa shape index (κ1) is 26.8. The van der Waals surface area contributed by atoms with Gasteiger partial charge in [-0.15, -0.1) is 0 Å². The zero-order valence-corrected chi connectivity index (χ0v) is 19.5. The van der Waals surface area contributed by atoms with Crippen molar-refractivity contribution in [3.8, 4) is 11.5 Å². The quantitative estimate of drug-likeness (QED) is 0.393. The third-order valence-corrected chi connectivity index (χ3v) is 4.91. The number of rotatable bonds is 10. The lowest BCUT2D eigenvalue weighted by Crippen LogP contribution is -3.00. The topological polar surface area (TPSA) is 43.0 Å². The molecule has 1 saturated heterocycles. The van der Waals surface area contributed by atoms with Crippen LogP contribution in [-0.4, -0.2) is 50.9 Å². The number of halogens is 3. The van der Waals surface area contributed by atoms with Gasteiger partial charge in [-0.25, -0.2) is 0 Å². The molecule has 1 heterocycles. The molecule has 30 heavy (non-hydrogen) atoms. The van der Waals surface area contributed by atoms with E-state index in [0.29, 0.717) is 29.7 Å². The number of morpholine rings is 1. The molecule has 0 saturated carbocycles. The number of nitrogens with one attached hydrogen (secondary N) is 1.